The Bertz CT molecular complexity index is 522. The van der Waals surface area contributed by atoms with Crippen LogP contribution in [0.1, 0.15) is 35.7 Å². The van der Waals surface area contributed by atoms with Crippen LogP contribution in [-0.2, 0) is 16.0 Å². The number of fused-ring (bicyclic) bond motifs is 1. The third kappa shape index (κ3) is 2.33. The highest BCUT2D eigenvalue weighted by molar-refractivity contribution is 7.10. The molecule has 0 bridgehead atoms. The van der Waals surface area contributed by atoms with Gasteiger partial charge in [-0.3, -0.25) is 4.79 Å². The number of piperidine rings is 1. The van der Waals surface area contributed by atoms with Crippen LogP contribution >= 0.6 is 11.3 Å². The number of carbonyl (C=O) groups is 2. The lowest BCUT2D eigenvalue weighted by Gasteiger charge is -2.36. The molecule has 0 aliphatic carbocycles. The number of carbonyl (C=O) groups excluding carboxylic acids is 1. The first-order chi connectivity index (χ1) is 9.68. The van der Waals surface area contributed by atoms with E-state index >= 15 is 0 Å². The minimum absolute atomic E-state index is 0.0612. The van der Waals surface area contributed by atoms with Crippen LogP contribution in [0.3, 0.4) is 0 Å². The van der Waals surface area contributed by atoms with E-state index in [4.69, 9.17) is 0 Å². The van der Waals surface area contributed by atoms with E-state index in [1.807, 2.05) is 11.4 Å². The fraction of sp³-hybridized carbons (Fsp3) is 0.571. The normalized spacial score (nSPS) is 26.1. The predicted octanol–water partition coefficient (Wildman–Crippen LogP) is 1.40. The second kappa shape index (κ2) is 5.54. The molecular weight excluding hydrogens is 276 g/mol. The van der Waals surface area contributed by atoms with Crippen molar-refractivity contribution < 1.29 is 14.7 Å². The molecule has 1 aromatic rings. The number of nitrogens with zero attached hydrogens (tertiary/aromatic N) is 1. The Morgan fingerprint density at radius 2 is 2.25 bits per heavy atom. The van der Waals surface area contributed by atoms with Gasteiger partial charge in [0.15, 0.2) is 6.04 Å². The molecule has 3 rings (SSSR count). The van der Waals surface area contributed by atoms with Crippen LogP contribution in [-0.4, -0.2) is 41.0 Å². The van der Waals surface area contributed by atoms with Gasteiger partial charge in [0, 0.05) is 11.4 Å². The summed E-state index contributed by atoms with van der Waals surface area (Å²) in [6, 6.07) is 0.805. The highest BCUT2D eigenvalue weighted by Crippen LogP contribution is 2.34. The number of amides is 1. The molecule has 3 heterocycles. The van der Waals surface area contributed by atoms with Crippen molar-refractivity contribution in [1.82, 2.24) is 10.2 Å². The Labute approximate surface area is 121 Å². The van der Waals surface area contributed by atoms with E-state index in [0.29, 0.717) is 6.54 Å². The molecule has 2 atom stereocenters. The van der Waals surface area contributed by atoms with Gasteiger partial charge in [0.05, 0.1) is 6.04 Å². The van der Waals surface area contributed by atoms with E-state index in [-0.39, 0.29) is 11.9 Å². The van der Waals surface area contributed by atoms with Crippen LogP contribution in [0.5, 0.6) is 0 Å². The molecule has 6 heteroatoms. The van der Waals surface area contributed by atoms with E-state index in [9.17, 15) is 14.7 Å². The van der Waals surface area contributed by atoms with Gasteiger partial charge in [0.1, 0.15) is 0 Å². The Balaban J connectivity index is 1.85. The summed E-state index contributed by atoms with van der Waals surface area (Å²) in [5.74, 6) is -0.998. The standard InChI is InChI=1S/C14H18N2O3S/c17-13(10-3-1-2-6-15-10)16-7-4-11-9(5-8-20-11)12(16)14(18)19/h5,8,10,12,15H,1-4,6-7H2,(H,18,19)/t10-,12?/m0/s1. The third-order valence-electron chi connectivity index (χ3n) is 4.09. The van der Waals surface area contributed by atoms with Crippen molar-refractivity contribution in [3.63, 3.8) is 0 Å². The molecule has 1 aromatic heterocycles. The fourth-order valence-corrected chi connectivity index (χ4v) is 3.99. The van der Waals surface area contributed by atoms with Gasteiger partial charge < -0.3 is 15.3 Å². The van der Waals surface area contributed by atoms with Crippen LogP contribution < -0.4 is 5.32 Å². The zero-order chi connectivity index (χ0) is 14.1. The van der Waals surface area contributed by atoms with Crippen LogP contribution in [0.15, 0.2) is 11.4 Å². The van der Waals surface area contributed by atoms with Gasteiger partial charge in [0.25, 0.3) is 0 Å². The Morgan fingerprint density at radius 1 is 1.40 bits per heavy atom. The summed E-state index contributed by atoms with van der Waals surface area (Å²) in [7, 11) is 0. The minimum Gasteiger partial charge on any atom is -0.479 e. The van der Waals surface area contributed by atoms with E-state index in [0.717, 1.165) is 42.7 Å². The SMILES string of the molecule is O=C(O)C1c2ccsc2CCN1C(=O)[C@@H]1CCCCN1. The molecule has 0 aromatic carbocycles. The van der Waals surface area contributed by atoms with Crippen LogP contribution in [0.2, 0.25) is 0 Å². The maximum absolute atomic E-state index is 12.6. The van der Waals surface area contributed by atoms with Gasteiger partial charge in [0.2, 0.25) is 5.91 Å². The molecule has 2 aliphatic heterocycles. The zero-order valence-electron chi connectivity index (χ0n) is 11.2. The second-order valence-electron chi connectivity index (χ2n) is 5.32. The van der Waals surface area contributed by atoms with E-state index in [1.54, 1.807) is 16.2 Å². The van der Waals surface area contributed by atoms with Crippen LogP contribution in [0, 0.1) is 0 Å². The van der Waals surface area contributed by atoms with Gasteiger partial charge in [-0.2, -0.15) is 0 Å². The first-order valence-corrected chi connectivity index (χ1v) is 7.89. The van der Waals surface area contributed by atoms with Gasteiger partial charge in [-0.25, -0.2) is 4.79 Å². The topological polar surface area (TPSA) is 69.6 Å². The summed E-state index contributed by atoms with van der Waals surface area (Å²) in [4.78, 5) is 26.8. The van der Waals surface area contributed by atoms with Crippen molar-refractivity contribution in [2.45, 2.75) is 37.8 Å². The molecule has 20 heavy (non-hydrogen) atoms. The van der Waals surface area contributed by atoms with Crippen molar-refractivity contribution in [2.24, 2.45) is 0 Å². The number of aliphatic carboxylic acids is 1. The third-order valence-corrected chi connectivity index (χ3v) is 5.09. The number of carboxylic acids is 1. The quantitative estimate of drug-likeness (QED) is 0.865. The Morgan fingerprint density at radius 3 is 2.95 bits per heavy atom. The van der Waals surface area contributed by atoms with Gasteiger partial charge >= 0.3 is 5.97 Å². The molecule has 5 nitrogen and oxygen atoms in total. The lowest BCUT2D eigenvalue weighted by molar-refractivity contribution is -0.152. The minimum atomic E-state index is -0.937. The number of rotatable bonds is 2. The maximum atomic E-state index is 12.6. The van der Waals surface area contributed by atoms with Crippen molar-refractivity contribution in [2.75, 3.05) is 13.1 Å². The van der Waals surface area contributed by atoms with Gasteiger partial charge in [-0.15, -0.1) is 11.3 Å². The molecule has 2 N–H and O–H groups in total. The molecule has 1 unspecified atom stereocenters. The molecule has 108 valence electrons. The summed E-state index contributed by atoms with van der Waals surface area (Å²) in [6.45, 7) is 1.34. The molecule has 1 fully saturated rings. The zero-order valence-corrected chi connectivity index (χ0v) is 12.0. The first kappa shape index (κ1) is 13.6. The summed E-state index contributed by atoms with van der Waals surface area (Å²) >= 11 is 1.58. The average molecular weight is 294 g/mol. The Kier molecular flexibility index (Phi) is 3.76. The van der Waals surface area contributed by atoms with E-state index in [2.05, 4.69) is 5.32 Å². The molecular formula is C14H18N2O3S. The lowest BCUT2D eigenvalue weighted by Crippen LogP contribution is -2.52. The summed E-state index contributed by atoms with van der Waals surface area (Å²) < 4.78 is 0. The molecule has 1 saturated heterocycles. The predicted molar refractivity (Wildman–Crippen MR) is 75.8 cm³/mol. The molecule has 2 aliphatic rings. The number of carboxylic acid groups (broad SMARTS) is 1. The fourth-order valence-electron chi connectivity index (χ4n) is 3.08. The smallest absolute Gasteiger partial charge is 0.331 e. The number of nitrogens with one attached hydrogen (secondary N) is 1. The highest BCUT2D eigenvalue weighted by atomic mass is 32.1. The van der Waals surface area contributed by atoms with Crippen molar-refractivity contribution in [3.8, 4) is 0 Å². The Hall–Kier alpha value is -1.40. The molecule has 1 amide bonds. The van der Waals surface area contributed by atoms with E-state index < -0.39 is 12.0 Å². The van der Waals surface area contributed by atoms with Crippen molar-refractivity contribution >= 4 is 23.2 Å². The van der Waals surface area contributed by atoms with Gasteiger partial charge in [-0.05, 0) is 42.8 Å². The average Bonchev–Trinajstić information content (AvgIpc) is 2.94. The second-order valence-corrected chi connectivity index (χ2v) is 6.32. The molecule has 0 saturated carbocycles. The monoisotopic (exact) mass is 294 g/mol. The first-order valence-electron chi connectivity index (χ1n) is 7.01. The van der Waals surface area contributed by atoms with E-state index in [1.165, 1.54) is 0 Å². The maximum Gasteiger partial charge on any atom is 0.331 e. The summed E-state index contributed by atoms with van der Waals surface area (Å²) in [5, 5.41) is 14.6. The molecule has 0 radical (unpaired) electrons. The van der Waals surface area contributed by atoms with Crippen LogP contribution in [0.4, 0.5) is 0 Å². The highest BCUT2D eigenvalue weighted by Gasteiger charge is 2.39. The van der Waals surface area contributed by atoms with Gasteiger partial charge in [-0.1, -0.05) is 6.42 Å². The summed E-state index contributed by atoms with van der Waals surface area (Å²) in [6.07, 6.45) is 3.67. The van der Waals surface area contributed by atoms with Crippen molar-refractivity contribution in [1.29, 1.82) is 0 Å². The number of hydrogen-bond donors (Lipinski definition) is 2. The van der Waals surface area contributed by atoms with Crippen molar-refractivity contribution in [3.05, 3.63) is 21.9 Å². The number of thiophene rings is 1. The largest absolute Gasteiger partial charge is 0.479 e. The summed E-state index contributed by atoms with van der Waals surface area (Å²) in [5.41, 5.74) is 0.790. The van der Waals surface area contributed by atoms with Crippen LogP contribution in [0.25, 0.3) is 0 Å². The molecule has 0 spiro atoms. The lowest BCUT2D eigenvalue weighted by atomic mass is 9.97. The number of hydrogen-bond acceptors (Lipinski definition) is 4.